The average molecular weight is 268 g/mol. The predicted molar refractivity (Wildman–Crippen MR) is 79.0 cm³/mol. The van der Waals surface area contributed by atoms with Crippen molar-refractivity contribution in [2.75, 3.05) is 17.7 Å². The summed E-state index contributed by atoms with van der Waals surface area (Å²) in [5.41, 5.74) is 2.77. The van der Waals surface area contributed by atoms with E-state index in [0.717, 1.165) is 22.7 Å². The molecule has 0 bridgehead atoms. The first-order valence-corrected chi connectivity index (χ1v) is 6.55. The van der Waals surface area contributed by atoms with Gasteiger partial charge in [-0.3, -0.25) is 4.79 Å². The lowest BCUT2D eigenvalue weighted by Crippen LogP contribution is -2.15. The summed E-state index contributed by atoms with van der Waals surface area (Å²) in [5.74, 6) is 0.724. The molecule has 1 heterocycles. The lowest BCUT2D eigenvalue weighted by atomic mass is 10.0. The molecule has 0 saturated heterocycles. The Morgan fingerprint density at radius 1 is 1.10 bits per heavy atom. The highest BCUT2D eigenvalue weighted by Crippen LogP contribution is 2.34. The molecule has 0 saturated carbocycles. The number of carbonyl (C=O) groups excluding carboxylic acids is 1. The highest BCUT2D eigenvalue weighted by molar-refractivity contribution is 5.96. The van der Waals surface area contributed by atoms with Crippen LogP contribution >= 0.6 is 0 Å². The van der Waals surface area contributed by atoms with E-state index in [1.807, 2.05) is 48.5 Å². The van der Waals surface area contributed by atoms with E-state index in [9.17, 15) is 4.79 Å². The van der Waals surface area contributed by atoms with Gasteiger partial charge in [0.25, 0.3) is 0 Å². The van der Waals surface area contributed by atoms with Gasteiger partial charge >= 0.3 is 0 Å². The second-order valence-corrected chi connectivity index (χ2v) is 4.77. The van der Waals surface area contributed by atoms with Crippen molar-refractivity contribution < 1.29 is 9.53 Å². The normalized spacial score (nSPS) is 17.4. The number of carbonyl (C=O) groups is 1. The van der Waals surface area contributed by atoms with Gasteiger partial charge in [-0.25, -0.2) is 0 Å². The third-order valence-electron chi connectivity index (χ3n) is 3.42. The van der Waals surface area contributed by atoms with E-state index in [1.165, 1.54) is 0 Å². The maximum Gasteiger partial charge on any atom is 0.226 e. The number of ether oxygens (including phenoxy) is 1. The Balaban J connectivity index is 1.96. The van der Waals surface area contributed by atoms with E-state index in [0.29, 0.717) is 6.42 Å². The molecule has 2 N–H and O–H groups in total. The molecule has 2 aromatic carbocycles. The number of anilines is 2. The van der Waals surface area contributed by atoms with Crippen molar-refractivity contribution >= 4 is 17.3 Å². The Morgan fingerprint density at radius 2 is 1.90 bits per heavy atom. The van der Waals surface area contributed by atoms with Gasteiger partial charge in [0.2, 0.25) is 5.91 Å². The van der Waals surface area contributed by atoms with Gasteiger partial charge in [-0.15, -0.1) is 0 Å². The zero-order valence-electron chi connectivity index (χ0n) is 11.2. The minimum atomic E-state index is -0.0224. The molecule has 4 nitrogen and oxygen atoms in total. The standard InChI is InChI=1S/C16H16N2O2/c1-20-12-7-8-13-15(9-12)18-16(19)10-14(17-13)11-5-3-2-4-6-11/h2-9,14,17H,10H2,1H3,(H,18,19)/t14-/m1/s1. The Kier molecular flexibility index (Phi) is 3.29. The van der Waals surface area contributed by atoms with Gasteiger partial charge in [0.15, 0.2) is 0 Å². The van der Waals surface area contributed by atoms with Crippen LogP contribution in [-0.2, 0) is 4.79 Å². The van der Waals surface area contributed by atoms with Gasteiger partial charge < -0.3 is 15.4 Å². The molecule has 20 heavy (non-hydrogen) atoms. The van der Waals surface area contributed by atoms with Crippen molar-refractivity contribution in [3.05, 3.63) is 54.1 Å². The molecule has 1 amide bonds. The number of rotatable bonds is 2. The van der Waals surface area contributed by atoms with Gasteiger partial charge in [0.1, 0.15) is 5.75 Å². The van der Waals surface area contributed by atoms with Gasteiger partial charge in [0.05, 0.1) is 30.9 Å². The van der Waals surface area contributed by atoms with Crippen molar-refractivity contribution in [1.82, 2.24) is 0 Å². The fourth-order valence-electron chi connectivity index (χ4n) is 2.39. The van der Waals surface area contributed by atoms with Crippen molar-refractivity contribution in [2.45, 2.75) is 12.5 Å². The second kappa shape index (κ2) is 5.25. The molecule has 2 aromatic rings. The zero-order valence-corrected chi connectivity index (χ0v) is 11.2. The van der Waals surface area contributed by atoms with E-state index in [2.05, 4.69) is 10.6 Å². The molecular formula is C16H16N2O2. The third-order valence-corrected chi connectivity index (χ3v) is 3.42. The average Bonchev–Trinajstić information content (AvgIpc) is 2.65. The summed E-state index contributed by atoms with van der Waals surface area (Å²) in [6.07, 6.45) is 0.404. The number of hydrogen-bond donors (Lipinski definition) is 2. The maximum absolute atomic E-state index is 12.0. The minimum absolute atomic E-state index is 0.00152. The lowest BCUT2D eigenvalue weighted by Gasteiger charge is -2.17. The zero-order chi connectivity index (χ0) is 13.9. The summed E-state index contributed by atoms with van der Waals surface area (Å²) in [5, 5.41) is 6.33. The van der Waals surface area contributed by atoms with E-state index >= 15 is 0 Å². The van der Waals surface area contributed by atoms with Crippen LogP contribution in [0.4, 0.5) is 11.4 Å². The van der Waals surface area contributed by atoms with Crippen molar-refractivity contribution in [3.8, 4) is 5.75 Å². The van der Waals surface area contributed by atoms with E-state index in [-0.39, 0.29) is 11.9 Å². The Morgan fingerprint density at radius 3 is 2.65 bits per heavy atom. The molecule has 0 radical (unpaired) electrons. The molecular weight excluding hydrogens is 252 g/mol. The van der Waals surface area contributed by atoms with Crippen molar-refractivity contribution in [1.29, 1.82) is 0 Å². The maximum atomic E-state index is 12.0. The van der Waals surface area contributed by atoms with Crippen LogP contribution in [-0.4, -0.2) is 13.0 Å². The topological polar surface area (TPSA) is 50.4 Å². The van der Waals surface area contributed by atoms with Crippen molar-refractivity contribution in [3.63, 3.8) is 0 Å². The molecule has 1 atom stereocenters. The summed E-state index contributed by atoms with van der Waals surface area (Å²) in [7, 11) is 1.61. The number of benzene rings is 2. The first kappa shape index (κ1) is 12.5. The van der Waals surface area contributed by atoms with E-state index in [1.54, 1.807) is 7.11 Å². The van der Waals surface area contributed by atoms with E-state index in [4.69, 9.17) is 4.74 Å². The summed E-state index contributed by atoms with van der Waals surface area (Å²) >= 11 is 0. The molecule has 0 spiro atoms. The molecule has 0 aliphatic carbocycles. The van der Waals surface area contributed by atoms with Gasteiger partial charge in [-0.1, -0.05) is 30.3 Å². The lowest BCUT2D eigenvalue weighted by molar-refractivity contribution is -0.116. The summed E-state index contributed by atoms with van der Waals surface area (Å²) in [4.78, 5) is 12.0. The molecule has 1 aliphatic rings. The molecule has 0 aromatic heterocycles. The second-order valence-electron chi connectivity index (χ2n) is 4.77. The number of hydrogen-bond acceptors (Lipinski definition) is 3. The first-order chi connectivity index (χ1) is 9.76. The molecule has 102 valence electrons. The molecule has 0 unspecified atom stereocenters. The Bertz CT molecular complexity index is 626. The number of nitrogens with one attached hydrogen (secondary N) is 2. The van der Waals surface area contributed by atoms with Gasteiger partial charge in [0, 0.05) is 6.07 Å². The smallest absolute Gasteiger partial charge is 0.226 e. The van der Waals surface area contributed by atoms with E-state index < -0.39 is 0 Å². The van der Waals surface area contributed by atoms with Crippen LogP contribution in [0.1, 0.15) is 18.0 Å². The van der Waals surface area contributed by atoms with Crippen LogP contribution in [0, 0.1) is 0 Å². The first-order valence-electron chi connectivity index (χ1n) is 6.55. The van der Waals surface area contributed by atoms with Crippen LogP contribution < -0.4 is 15.4 Å². The number of amides is 1. The Labute approximate surface area is 117 Å². The summed E-state index contributed by atoms with van der Waals surface area (Å²) < 4.78 is 5.19. The predicted octanol–water partition coefficient (Wildman–Crippen LogP) is 3.19. The van der Waals surface area contributed by atoms with Crippen LogP contribution in [0.2, 0.25) is 0 Å². The largest absolute Gasteiger partial charge is 0.497 e. The fraction of sp³-hybridized carbons (Fsp3) is 0.188. The van der Waals surface area contributed by atoms with Crippen LogP contribution in [0.15, 0.2) is 48.5 Å². The van der Waals surface area contributed by atoms with Crippen molar-refractivity contribution in [2.24, 2.45) is 0 Å². The SMILES string of the molecule is COc1ccc2c(c1)NC(=O)C[C@H](c1ccccc1)N2. The fourth-order valence-corrected chi connectivity index (χ4v) is 2.39. The Hall–Kier alpha value is -2.49. The third kappa shape index (κ3) is 2.45. The highest BCUT2D eigenvalue weighted by Gasteiger charge is 2.22. The quantitative estimate of drug-likeness (QED) is 0.879. The summed E-state index contributed by atoms with van der Waals surface area (Å²) in [6.45, 7) is 0. The highest BCUT2D eigenvalue weighted by atomic mass is 16.5. The monoisotopic (exact) mass is 268 g/mol. The number of fused-ring (bicyclic) bond motifs is 1. The number of methoxy groups -OCH3 is 1. The molecule has 1 aliphatic heterocycles. The van der Waals surface area contributed by atoms with Gasteiger partial charge in [-0.05, 0) is 17.7 Å². The van der Waals surface area contributed by atoms with Crippen LogP contribution in [0.5, 0.6) is 5.75 Å². The van der Waals surface area contributed by atoms with Gasteiger partial charge in [-0.2, -0.15) is 0 Å². The summed E-state index contributed by atoms with van der Waals surface area (Å²) in [6, 6.07) is 15.6. The minimum Gasteiger partial charge on any atom is -0.497 e. The molecule has 4 heteroatoms. The molecule has 3 rings (SSSR count). The molecule has 0 fully saturated rings. The van der Waals surface area contributed by atoms with Crippen LogP contribution in [0.3, 0.4) is 0 Å². The van der Waals surface area contributed by atoms with Crippen LogP contribution in [0.25, 0.3) is 0 Å².